The molecule has 2 aromatic rings. The second-order valence-corrected chi connectivity index (χ2v) is 3.21. The summed E-state index contributed by atoms with van der Waals surface area (Å²) in [5, 5.41) is 10.1. The molecule has 2 rings (SSSR count). The minimum absolute atomic E-state index is 0.136. The van der Waals surface area contributed by atoms with Gasteiger partial charge in [0.1, 0.15) is 5.75 Å². The Kier molecular flexibility index (Phi) is 1.70. The predicted molar refractivity (Wildman–Crippen MR) is 55.3 cm³/mol. The van der Waals surface area contributed by atoms with Crippen molar-refractivity contribution in [2.75, 3.05) is 5.73 Å². The van der Waals surface area contributed by atoms with Gasteiger partial charge in [-0.1, -0.05) is 0 Å². The molecule has 1 aromatic heterocycles. The van der Waals surface area contributed by atoms with Gasteiger partial charge in [-0.25, -0.2) is 0 Å². The van der Waals surface area contributed by atoms with Crippen molar-refractivity contribution in [3.05, 3.63) is 34.6 Å². The Morgan fingerprint density at radius 3 is 2.79 bits per heavy atom. The highest BCUT2D eigenvalue weighted by atomic mass is 16.3. The van der Waals surface area contributed by atoms with Crippen molar-refractivity contribution in [2.45, 2.75) is 0 Å². The quantitative estimate of drug-likeness (QED) is 0.646. The summed E-state index contributed by atoms with van der Waals surface area (Å²) in [4.78, 5) is 11.5. The lowest BCUT2D eigenvalue weighted by molar-refractivity contribution is 0.476. The van der Waals surface area contributed by atoms with Gasteiger partial charge in [-0.2, -0.15) is 0 Å². The van der Waals surface area contributed by atoms with Gasteiger partial charge in [0.15, 0.2) is 0 Å². The number of phenols is 1. The molecule has 1 heterocycles. The number of rotatable bonds is 0. The smallest absolute Gasteiger partial charge is 0.273 e. The summed E-state index contributed by atoms with van der Waals surface area (Å²) in [5.74, 6) is 0.136. The van der Waals surface area contributed by atoms with Gasteiger partial charge in [0.2, 0.25) is 0 Å². The Morgan fingerprint density at radius 1 is 1.36 bits per heavy atom. The fourth-order valence-corrected chi connectivity index (χ4v) is 1.48. The van der Waals surface area contributed by atoms with Gasteiger partial charge in [0, 0.05) is 18.5 Å². The summed E-state index contributed by atoms with van der Waals surface area (Å²) in [7, 11) is 1.63. The van der Waals surface area contributed by atoms with Crippen LogP contribution in [0.5, 0.6) is 5.75 Å². The van der Waals surface area contributed by atoms with Crippen molar-refractivity contribution in [1.29, 1.82) is 0 Å². The Labute approximate surface area is 80.2 Å². The summed E-state index contributed by atoms with van der Waals surface area (Å²) in [6.45, 7) is 0. The van der Waals surface area contributed by atoms with Crippen molar-refractivity contribution >= 4 is 16.6 Å². The third-order valence-electron chi connectivity index (χ3n) is 2.24. The number of nitrogen functional groups attached to an aromatic ring is 1. The number of aromatic hydroxyl groups is 1. The first-order chi connectivity index (χ1) is 6.59. The van der Waals surface area contributed by atoms with Crippen LogP contribution in [0.4, 0.5) is 5.69 Å². The van der Waals surface area contributed by atoms with E-state index in [4.69, 9.17) is 5.73 Å². The standard InChI is InChI=1S/C10H10N2O2/c1-12-9-5-7(13)3-2-6(9)4-8(11)10(12)14/h2-5,13H,11H2,1H3. The van der Waals surface area contributed by atoms with Crippen LogP contribution < -0.4 is 11.3 Å². The highest BCUT2D eigenvalue weighted by Crippen LogP contribution is 2.19. The Bertz CT molecular complexity index is 558. The average molecular weight is 190 g/mol. The molecule has 0 amide bonds. The molecule has 0 atom stereocenters. The van der Waals surface area contributed by atoms with Gasteiger partial charge in [-0.05, 0) is 18.2 Å². The number of anilines is 1. The van der Waals surface area contributed by atoms with Gasteiger partial charge < -0.3 is 15.4 Å². The van der Waals surface area contributed by atoms with E-state index in [-0.39, 0.29) is 17.0 Å². The van der Waals surface area contributed by atoms with E-state index < -0.39 is 0 Å². The van der Waals surface area contributed by atoms with Crippen LogP contribution in [0.15, 0.2) is 29.1 Å². The zero-order valence-corrected chi connectivity index (χ0v) is 7.69. The molecule has 4 nitrogen and oxygen atoms in total. The first-order valence-corrected chi connectivity index (χ1v) is 4.18. The molecule has 3 N–H and O–H groups in total. The van der Waals surface area contributed by atoms with Gasteiger partial charge in [-0.3, -0.25) is 4.79 Å². The zero-order chi connectivity index (χ0) is 10.3. The number of pyridine rings is 1. The minimum Gasteiger partial charge on any atom is -0.508 e. The molecule has 1 aromatic carbocycles. The van der Waals surface area contributed by atoms with Crippen molar-refractivity contribution < 1.29 is 5.11 Å². The van der Waals surface area contributed by atoms with Crippen molar-refractivity contribution in [2.24, 2.45) is 7.05 Å². The second kappa shape index (κ2) is 2.77. The van der Waals surface area contributed by atoms with E-state index in [1.54, 1.807) is 25.2 Å². The molecule has 72 valence electrons. The molecule has 0 saturated carbocycles. The number of phenolic OH excluding ortho intramolecular Hbond substituents is 1. The lowest BCUT2D eigenvalue weighted by Gasteiger charge is -2.06. The average Bonchev–Trinajstić information content (AvgIpc) is 2.16. The highest BCUT2D eigenvalue weighted by Gasteiger charge is 2.03. The first-order valence-electron chi connectivity index (χ1n) is 4.18. The number of aryl methyl sites for hydroxylation is 1. The predicted octanol–water partition coefficient (Wildman–Crippen LogP) is 0.826. The van der Waals surface area contributed by atoms with Crippen molar-refractivity contribution in [3.8, 4) is 5.75 Å². The molecular weight excluding hydrogens is 180 g/mol. The molecule has 14 heavy (non-hydrogen) atoms. The molecule has 0 fully saturated rings. The lowest BCUT2D eigenvalue weighted by atomic mass is 10.2. The van der Waals surface area contributed by atoms with Crippen LogP contribution in [0.3, 0.4) is 0 Å². The maximum Gasteiger partial charge on any atom is 0.273 e. The van der Waals surface area contributed by atoms with Crippen LogP contribution in [0, 0.1) is 0 Å². The largest absolute Gasteiger partial charge is 0.508 e. The van der Waals surface area contributed by atoms with Gasteiger partial charge in [0.05, 0.1) is 11.2 Å². The minimum atomic E-state index is -0.247. The lowest BCUT2D eigenvalue weighted by Crippen LogP contribution is -2.19. The summed E-state index contributed by atoms with van der Waals surface area (Å²) >= 11 is 0. The molecule has 0 unspecified atom stereocenters. The Hall–Kier alpha value is -1.97. The van der Waals surface area contributed by atoms with Crippen LogP contribution in [-0.4, -0.2) is 9.67 Å². The number of benzene rings is 1. The Morgan fingerprint density at radius 2 is 2.07 bits per heavy atom. The highest BCUT2D eigenvalue weighted by molar-refractivity contribution is 5.83. The fourth-order valence-electron chi connectivity index (χ4n) is 1.48. The fraction of sp³-hybridized carbons (Fsp3) is 0.100. The van der Waals surface area contributed by atoms with E-state index in [1.807, 2.05) is 0 Å². The number of hydrogen-bond acceptors (Lipinski definition) is 3. The molecule has 0 aliphatic rings. The van der Waals surface area contributed by atoms with E-state index in [9.17, 15) is 9.90 Å². The number of hydrogen-bond donors (Lipinski definition) is 2. The van der Waals surface area contributed by atoms with E-state index in [2.05, 4.69) is 0 Å². The van der Waals surface area contributed by atoms with Crippen LogP contribution in [-0.2, 0) is 7.05 Å². The maximum atomic E-state index is 11.5. The molecule has 0 aliphatic heterocycles. The SMILES string of the molecule is Cn1c(=O)c(N)cc2ccc(O)cc21. The van der Waals surface area contributed by atoms with Crippen LogP contribution >= 0.6 is 0 Å². The molecule has 0 radical (unpaired) electrons. The number of fused-ring (bicyclic) bond motifs is 1. The molecule has 0 bridgehead atoms. The van der Waals surface area contributed by atoms with Crippen LogP contribution in [0.25, 0.3) is 10.9 Å². The van der Waals surface area contributed by atoms with E-state index in [0.29, 0.717) is 5.52 Å². The summed E-state index contributed by atoms with van der Waals surface area (Å²) in [5.41, 5.74) is 6.17. The van der Waals surface area contributed by atoms with E-state index in [0.717, 1.165) is 5.39 Å². The molecule has 0 saturated heterocycles. The van der Waals surface area contributed by atoms with E-state index >= 15 is 0 Å². The second-order valence-electron chi connectivity index (χ2n) is 3.21. The zero-order valence-electron chi connectivity index (χ0n) is 7.69. The number of nitrogens with two attached hydrogens (primary N) is 1. The van der Waals surface area contributed by atoms with Gasteiger partial charge in [-0.15, -0.1) is 0 Å². The topological polar surface area (TPSA) is 68.2 Å². The van der Waals surface area contributed by atoms with E-state index in [1.165, 1.54) is 10.6 Å². The third kappa shape index (κ3) is 1.12. The normalized spacial score (nSPS) is 10.6. The third-order valence-corrected chi connectivity index (χ3v) is 2.24. The van der Waals surface area contributed by atoms with Crippen LogP contribution in [0.1, 0.15) is 0 Å². The number of nitrogens with zero attached hydrogens (tertiary/aromatic N) is 1. The Balaban J connectivity index is 2.99. The summed E-state index contributed by atoms with van der Waals surface area (Å²) in [6.07, 6.45) is 0. The number of aromatic nitrogens is 1. The van der Waals surface area contributed by atoms with Gasteiger partial charge in [0.25, 0.3) is 5.56 Å². The van der Waals surface area contributed by atoms with Crippen molar-refractivity contribution in [3.63, 3.8) is 0 Å². The summed E-state index contributed by atoms with van der Waals surface area (Å²) < 4.78 is 1.42. The summed E-state index contributed by atoms with van der Waals surface area (Å²) in [6, 6.07) is 6.43. The monoisotopic (exact) mass is 190 g/mol. The molecule has 0 spiro atoms. The molecule has 0 aliphatic carbocycles. The van der Waals surface area contributed by atoms with Gasteiger partial charge >= 0.3 is 0 Å². The first kappa shape index (κ1) is 8.62. The molecule has 4 heteroatoms. The van der Waals surface area contributed by atoms with Crippen molar-refractivity contribution in [1.82, 2.24) is 4.57 Å². The maximum absolute atomic E-state index is 11.5. The molecular formula is C10H10N2O2. The van der Waals surface area contributed by atoms with Crippen LogP contribution in [0.2, 0.25) is 0 Å².